The van der Waals surface area contributed by atoms with Gasteiger partial charge in [0.05, 0.1) is 5.69 Å². The summed E-state index contributed by atoms with van der Waals surface area (Å²) in [4.78, 5) is 13.8. The van der Waals surface area contributed by atoms with Crippen molar-refractivity contribution < 1.29 is 13.6 Å². The molecule has 100 valence electrons. The number of nitrogens with one attached hydrogen (secondary N) is 1. The topological polar surface area (TPSA) is 32.3 Å². The summed E-state index contributed by atoms with van der Waals surface area (Å²) in [6.07, 6.45) is 0.541. The molecule has 2 heterocycles. The van der Waals surface area contributed by atoms with Crippen molar-refractivity contribution in [3.8, 4) is 0 Å². The molecule has 20 heavy (non-hydrogen) atoms. The molecule has 1 unspecified atom stereocenters. The van der Waals surface area contributed by atoms with E-state index in [1.807, 2.05) is 24.3 Å². The molecule has 0 radical (unpaired) electrons. The number of rotatable bonds is 0. The first-order valence-electron chi connectivity index (χ1n) is 6.32. The first-order valence-corrected chi connectivity index (χ1v) is 6.32. The normalized spacial score (nSPS) is 19.2. The molecule has 1 amide bonds. The fraction of sp³-hybridized carbons (Fsp3) is 0.133. The largest absolute Gasteiger partial charge is 0.326 e. The number of para-hydroxylation sites is 1. The molecular formula is C15H10F2N2O. The van der Waals surface area contributed by atoms with Gasteiger partial charge in [-0.15, -0.1) is 0 Å². The van der Waals surface area contributed by atoms with Gasteiger partial charge in [-0.2, -0.15) is 0 Å². The third kappa shape index (κ3) is 1.40. The Labute approximate surface area is 113 Å². The van der Waals surface area contributed by atoms with Crippen LogP contribution in [0.2, 0.25) is 0 Å². The Morgan fingerprint density at radius 1 is 1.15 bits per heavy atom. The van der Waals surface area contributed by atoms with Crippen LogP contribution < -0.4 is 10.2 Å². The van der Waals surface area contributed by atoms with Crippen LogP contribution in [0.4, 0.5) is 25.8 Å². The highest BCUT2D eigenvalue weighted by Gasteiger charge is 2.41. The van der Waals surface area contributed by atoms with Gasteiger partial charge in [0.25, 0.3) is 0 Å². The predicted octanol–water partition coefficient (Wildman–Crippen LogP) is 2.98. The summed E-state index contributed by atoms with van der Waals surface area (Å²) >= 11 is 0. The average Bonchev–Trinajstić information content (AvgIpc) is 2.81. The highest BCUT2D eigenvalue weighted by molar-refractivity contribution is 6.07. The molecule has 2 aromatic carbocycles. The molecule has 0 bridgehead atoms. The van der Waals surface area contributed by atoms with Gasteiger partial charge in [-0.1, -0.05) is 18.2 Å². The predicted molar refractivity (Wildman–Crippen MR) is 71.1 cm³/mol. The molecule has 2 aliphatic rings. The van der Waals surface area contributed by atoms with Crippen molar-refractivity contribution in [2.24, 2.45) is 0 Å². The minimum absolute atomic E-state index is 0.0457. The minimum atomic E-state index is -0.754. The van der Waals surface area contributed by atoms with Gasteiger partial charge in [-0.25, -0.2) is 8.78 Å². The van der Waals surface area contributed by atoms with Crippen molar-refractivity contribution in [3.05, 3.63) is 53.6 Å². The van der Waals surface area contributed by atoms with Crippen LogP contribution in [0.1, 0.15) is 5.56 Å². The van der Waals surface area contributed by atoms with Crippen LogP contribution in [-0.2, 0) is 11.2 Å². The van der Waals surface area contributed by atoms with E-state index in [-0.39, 0.29) is 11.6 Å². The van der Waals surface area contributed by atoms with Crippen LogP contribution in [0, 0.1) is 11.6 Å². The van der Waals surface area contributed by atoms with E-state index in [0.29, 0.717) is 12.1 Å². The molecule has 2 aliphatic heterocycles. The van der Waals surface area contributed by atoms with E-state index in [4.69, 9.17) is 0 Å². The molecule has 4 rings (SSSR count). The van der Waals surface area contributed by atoms with Crippen molar-refractivity contribution in [1.29, 1.82) is 0 Å². The summed E-state index contributed by atoms with van der Waals surface area (Å²) in [6, 6.07) is 9.12. The lowest BCUT2D eigenvalue weighted by Gasteiger charge is -2.33. The standard InChI is InChI=1S/C15H10F2N2O/c16-9-6-10(17)14-12(7-9)19-11-4-2-1-3-8(11)5-13(19)15(20)18-14/h1-4,6-7,13H,5H2,(H,18,20). The average molecular weight is 272 g/mol. The number of hydrogen-bond acceptors (Lipinski definition) is 2. The van der Waals surface area contributed by atoms with Crippen molar-refractivity contribution >= 4 is 23.0 Å². The Morgan fingerprint density at radius 2 is 1.95 bits per heavy atom. The Morgan fingerprint density at radius 3 is 2.80 bits per heavy atom. The molecule has 0 fully saturated rings. The van der Waals surface area contributed by atoms with Crippen LogP contribution in [0.5, 0.6) is 0 Å². The number of fused-ring (bicyclic) bond motifs is 5. The summed E-state index contributed by atoms with van der Waals surface area (Å²) in [5.74, 6) is -1.67. The first-order chi connectivity index (χ1) is 9.65. The quantitative estimate of drug-likeness (QED) is 0.799. The van der Waals surface area contributed by atoms with Crippen molar-refractivity contribution in [1.82, 2.24) is 0 Å². The van der Waals surface area contributed by atoms with Gasteiger partial charge in [-0.05, 0) is 17.7 Å². The van der Waals surface area contributed by atoms with Gasteiger partial charge in [0.15, 0.2) is 5.82 Å². The third-order valence-corrected chi connectivity index (χ3v) is 3.82. The van der Waals surface area contributed by atoms with E-state index in [1.54, 1.807) is 4.90 Å². The van der Waals surface area contributed by atoms with Crippen molar-refractivity contribution in [3.63, 3.8) is 0 Å². The molecular weight excluding hydrogens is 262 g/mol. The van der Waals surface area contributed by atoms with Gasteiger partial charge in [-0.3, -0.25) is 4.79 Å². The fourth-order valence-electron chi connectivity index (χ4n) is 2.97. The number of anilines is 3. The van der Waals surface area contributed by atoms with E-state index in [1.165, 1.54) is 6.07 Å². The van der Waals surface area contributed by atoms with Crippen LogP contribution in [0.25, 0.3) is 0 Å². The lowest BCUT2D eigenvalue weighted by molar-refractivity contribution is -0.117. The summed E-state index contributed by atoms with van der Waals surface area (Å²) < 4.78 is 27.4. The second-order valence-corrected chi connectivity index (χ2v) is 4.99. The SMILES string of the molecule is O=C1Nc2c(F)cc(F)cc2N2c3ccccc3CC12. The van der Waals surface area contributed by atoms with E-state index < -0.39 is 17.7 Å². The summed E-state index contributed by atoms with van der Waals surface area (Å²) in [5.41, 5.74) is 2.25. The molecule has 5 heteroatoms. The zero-order valence-electron chi connectivity index (χ0n) is 10.4. The van der Waals surface area contributed by atoms with Crippen molar-refractivity contribution in [2.75, 3.05) is 10.2 Å². The zero-order chi connectivity index (χ0) is 13.9. The lowest BCUT2D eigenvalue weighted by atomic mass is 10.1. The zero-order valence-corrected chi connectivity index (χ0v) is 10.4. The van der Waals surface area contributed by atoms with Gasteiger partial charge in [0.1, 0.15) is 17.5 Å². The lowest BCUT2D eigenvalue weighted by Crippen LogP contribution is -2.43. The summed E-state index contributed by atoms with van der Waals surface area (Å²) in [7, 11) is 0. The molecule has 0 aliphatic carbocycles. The van der Waals surface area contributed by atoms with Gasteiger partial charge in [0.2, 0.25) is 5.91 Å². The maximum atomic E-state index is 13.9. The van der Waals surface area contributed by atoms with Crippen LogP contribution >= 0.6 is 0 Å². The smallest absolute Gasteiger partial charge is 0.247 e. The molecule has 2 aromatic rings. The van der Waals surface area contributed by atoms with Crippen LogP contribution in [0.15, 0.2) is 36.4 Å². The van der Waals surface area contributed by atoms with E-state index in [2.05, 4.69) is 5.32 Å². The van der Waals surface area contributed by atoms with Crippen LogP contribution in [-0.4, -0.2) is 11.9 Å². The number of nitrogens with zero attached hydrogens (tertiary/aromatic N) is 1. The molecule has 0 aromatic heterocycles. The van der Waals surface area contributed by atoms with Gasteiger partial charge in [0, 0.05) is 18.2 Å². The Bertz CT molecular complexity index is 745. The number of halogens is 2. The Hall–Kier alpha value is -2.43. The van der Waals surface area contributed by atoms with E-state index in [0.717, 1.165) is 17.3 Å². The second-order valence-electron chi connectivity index (χ2n) is 4.99. The van der Waals surface area contributed by atoms with E-state index >= 15 is 0 Å². The number of benzene rings is 2. The van der Waals surface area contributed by atoms with Gasteiger partial charge < -0.3 is 10.2 Å². The monoisotopic (exact) mass is 272 g/mol. The minimum Gasteiger partial charge on any atom is -0.326 e. The van der Waals surface area contributed by atoms with E-state index in [9.17, 15) is 13.6 Å². The Kier molecular flexibility index (Phi) is 2.16. The number of amides is 1. The molecule has 0 saturated heterocycles. The maximum absolute atomic E-state index is 13.9. The fourth-order valence-corrected chi connectivity index (χ4v) is 2.97. The van der Waals surface area contributed by atoms with Crippen molar-refractivity contribution in [2.45, 2.75) is 12.5 Å². The maximum Gasteiger partial charge on any atom is 0.247 e. The summed E-state index contributed by atoms with van der Waals surface area (Å²) in [5, 5.41) is 2.54. The first kappa shape index (κ1) is 11.4. The third-order valence-electron chi connectivity index (χ3n) is 3.82. The van der Waals surface area contributed by atoms with Gasteiger partial charge >= 0.3 is 0 Å². The molecule has 3 nitrogen and oxygen atoms in total. The Balaban J connectivity index is 1.99. The number of hydrogen-bond donors (Lipinski definition) is 1. The number of carbonyl (C=O) groups excluding carboxylic acids is 1. The summed E-state index contributed by atoms with van der Waals surface area (Å²) in [6.45, 7) is 0. The second kappa shape index (κ2) is 3.79. The highest BCUT2D eigenvalue weighted by Crippen LogP contribution is 2.45. The molecule has 1 N–H and O–H groups in total. The molecule has 1 atom stereocenters. The number of carbonyl (C=O) groups is 1. The highest BCUT2D eigenvalue weighted by atomic mass is 19.1. The molecule has 0 saturated carbocycles. The molecule has 0 spiro atoms. The van der Waals surface area contributed by atoms with Crippen LogP contribution in [0.3, 0.4) is 0 Å².